The highest BCUT2D eigenvalue weighted by Crippen LogP contribution is 2.30. The SMILES string of the molecule is C/C(=N\Nc1nc(-c2ccc3c(c2)CCC3)cs1)c1ccc([N+](=O)[O-])cc1. The third-order valence-electron chi connectivity index (χ3n) is 4.71. The third kappa shape index (κ3) is 3.73. The van der Waals surface area contributed by atoms with Crippen molar-refractivity contribution in [2.45, 2.75) is 26.2 Å². The number of nitrogens with zero attached hydrogens (tertiary/aromatic N) is 3. The standard InChI is InChI=1S/C20H18N4O2S/c1-13(14-7-9-18(10-8-14)24(25)26)22-23-20-21-19(12-27-20)17-6-5-15-3-2-4-16(15)11-17/h5-12H,2-4H2,1H3,(H,21,23)/b22-13+. The van der Waals surface area contributed by atoms with Gasteiger partial charge in [0.25, 0.3) is 5.69 Å². The molecular formula is C20H18N4O2S. The number of hydrogen-bond acceptors (Lipinski definition) is 6. The molecule has 27 heavy (non-hydrogen) atoms. The average Bonchev–Trinajstić information content (AvgIpc) is 3.34. The van der Waals surface area contributed by atoms with Crippen LogP contribution in [0.15, 0.2) is 52.9 Å². The largest absolute Gasteiger partial charge is 0.269 e. The van der Waals surface area contributed by atoms with Crippen LogP contribution >= 0.6 is 11.3 Å². The summed E-state index contributed by atoms with van der Waals surface area (Å²) in [6, 6.07) is 12.9. The number of non-ortho nitro benzene ring substituents is 1. The van der Waals surface area contributed by atoms with Crippen molar-refractivity contribution in [3.05, 3.63) is 74.6 Å². The Bertz CT molecular complexity index is 1020. The van der Waals surface area contributed by atoms with Crippen molar-refractivity contribution in [1.82, 2.24) is 4.98 Å². The first kappa shape index (κ1) is 17.4. The fourth-order valence-corrected chi connectivity index (χ4v) is 3.87. The van der Waals surface area contributed by atoms with Gasteiger partial charge in [-0.15, -0.1) is 11.3 Å². The van der Waals surface area contributed by atoms with Crippen molar-refractivity contribution in [2.75, 3.05) is 5.43 Å². The molecule has 0 aliphatic heterocycles. The van der Waals surface area contributed by atoms with Gasteiger partial charge in [-0.1, -0.05) is 12.1 Å². The van der Waals surface area contributed by atoms with Crippen molar-refractivity contribution in [2.24, 2.45) is 5.10 Å². The molecule has 1 heterocycles. The van der Waals surface area contributed by atoms with Gasteiger partial charge in [-0.05, 0) is 61.1 Å². The van der Waals surface area contributed by atoms with Gasteiger partial charge in [-0.2, -0.15) is 5.10 Å². The Morgan fingerprint density at radius 1 is 1.19 bits per heavy atom. The highest BCUT2D eigenvalue weighted by atomic mass is 32.1. The van der Waals surface area contributed by atoms with Gasteiger partial charge in [0.1, 0.15) is 0 Å². The molecule has 1 N–H and O–H groups in total. The number of benzene rings is 2. The lowest BCUT2D eigenvalue weighted by atomic mass is 10.1. The second-order valence-electron chi connectivity index (χ2n) is 6.49. The van der Waals surface area contributed by atoms with Crippen LogP contribution in [-0.2, 0) is 12.8 Å². The summed E-state index contributed by atoms with van der Waals surface area (Å²) < 4.78 is 0. The maximum Gasteiger partial charge on any atom is 0.269 e. The maximum absolute atomic E-state index is 10.7. The van der Waals surface area contributed by atoms with E-state index in [9.17, 15) is 10.1 Å². The molecule has 4 rings (SSSR count). The third-order valence-corrected chi connectivity index (χ3v) is 5.46. The van der Waals surface area contributed by atoms with E-state index < -0.39 is 4.92 Å². The van der Waals surface area contributed by atoms with E-state index in [1.54, 1.807) is 12.1 Å². The molecule has 0 saturated heterocycles. The molecule has 7 heteroatoms. The van der Waals surface area contributed by atoms with Crippen LogP contribution in [0.4, 0.5) is 10.8 Å². The van der Waals surface area contributed by atoms with Gasteiger partial charge in [0.05, 0.1) is 16.3 Å². The molecule has 136 valence electrons. The Morgan fingerprint density at radius 3 is 2.74 bits per heavy atom. The van der Waals surface area contributed by atoms with E-state index in [1.165, 1.54) is 47.4 Å². The van der Waals surface area contributed by atoms with E-state index in [2.05, 4.69) is 33.7 Å². The fourth-order valence-electron chi connectivity index (χ4n) is 3.21. The number of anilines is 1. The average molecular weight is 378 g/mol. The minimum atomic E-state index is -0.412. The quantitative estimate of drug-likeness (QED) is 0.383. The summed E-state index contributed by atoms with van der Waals surface area (Å²) in [5.41, 5.74) is 9.58. The summed E-state index contributed by atoms with van der Waals surface area (Å²) in [5, 5.41) is 17.8. The second-order valence-corrected chi connectivity index (χ2v) is 7.35. The number of nitrogens with one attached hydrogen (secondary N) is 1. The highest BCUT2D eigenvalue weighted by Gasteiger charge is 2.13. The van der Waals surface area contributed by atoms with Crippen LogP contribution in [0.5, 0.6) is 0 Å². The lowest BCUT2D eigenvalue weighted by molar-refractivity contribution is -0.384. The van der Waals surface area contributed by atoms with E-state index in [1.807, 2.05) is 12.3 Å². The van der Waals surface area contributed by atoms with Gasteiger partial charge in [0.2, 0.25) is 5.13 Å². The molecule has 0 bridgehead atoms. The van der Waals surface area contributed by atoms with Gasteiger partial charge in [0, 0.05) is 23.1 Å². The number of aryl methyl sites for hydroxylation is 2. The number of hydrazone groups is 1. The zero-order chi connectivity index (χ0) is 18.8. The molecule has 3 aromatic rings. The molecule has 1 aliphatic carbocycles. The summed E-state index contributed by atoms with van der Waals surface area (Å²) in [6.07, 6.45) is 3.56. The number of rotatable bonds is 5. The summed E-state index contributed by atoms with van der Waals surface area (Å²) in [6.45, 7) is 1.85. The molecule has 6 nitrogen and oxygen atoms in total. The first-order valence-corrected chi connectivity index (χ1v) is 9.61. The van der Waals surface area contributed by atoms with E-state index in [-0.39, 0.29) is 5.69 Å². The van der Waals surface area contributed by atoms with Crippen LogP contribution in [0.3, 0.4) is 0 Å². The Labute approximate surface area is 160 Å². The van der Waals surface area contributed by atoms with Crippen LogP contribution < -0.4 is 5.43 Å². The Balaban J connectivity index is 1.47. The van der Waals surface area contributed by atoms with Crippen LogP contribution in [0.25, 0.3) is 11.3 Å². The smallest absolute Gasteiger partial charge is 0.258 e. The summed E-state index contributed by atoms with van der Waals surface area (Å²) in [5.74, 6) is 0. The van der Waals surface area contributed by atoms with E-state index >= 15 is 0 Å². The number of nitro benzene ring substituents is 1. The van der Waals surface area contributed by atoms with Crippen molar-refractivity contribution in [3.63, 3.8) is 0 Å². The fraction of sp³-hybridized carbons (Fsp3) is 0.200. The van der Waals surface area contributed by atoms with E-state index in [0.717, 1.165) is 29.0 Å². The number of nitro groups is 1. The number of hydrogen-bond donors (Lipinski definition) is 1. The number of thiazole rings is 1. The first-order chi connectivity index (χ1) is 13.1. The van der Waals surface area contributed by atoms with Gasteiger partial charge < -0.3 is 0 Å². The lowest BCUT2D eigenvalue weighted by Gasteiger charge is -2.02. The Hall–Kier alpha value is -3.06. The molecule has 2 aromatic carbocycles. The van der Waals surface area contributed by atoms with Crippen LogP contribution in [0, 0.1) is 10.1 Å². The van der Waals surface area contributed by atoms with E-state index in [0.29, 0.717) is 5.13 Å². The van der Waals surface area contributed by atoms with Crippen molar-refractivity contribution >= 4 is 27.9 Å². The summed E-state index contributed by atoms with van der Waals surface area (Å²) >= 11 is 1.50. The number of fused-ring (bicyclic) bond motifs is 1. The molecule has 1 aliphatic rings. The summed E-state index contributed by atoms with van der Waals surface area (Å²) in [7, 11) is 0. The van der Waals surface area contributed by atoms with Crippen molar-refractivity contribution in [3.8, 4) is 11.3 Å². The van der Waals surface area contributed by atoms with Gasteiger partial charge in [-0.3, -0.25) is 15.5 Å². The molecule has 0 radical (unpaired) electrons. The molecule has 1 aromatic heterocycles. The minimum absolute atomic E-state index is 0.0680. The zero-order valence-corrected chi connectivity index (χ0v) is 15.6. The second kappa shape index (κ2) is 7.28. The first-order valence-electron chi connectivity index (χ1n) is 8.73. The van der Waals surface area contributed by atoms with Gasteiger partial charge >= 0.3 is 0 Å². The monoisotopic (exact) mass is 378 g/mol. The van der Waals surface area contributed by atoms with Gasteiger partial charge in [-0.25, -0.2) is 4.98 Å². The van der Waals surface area contributed by atoms with Crippen LogP contribution in [0.1, 0.15) is 30.0 Å². The Kier molecular flexibility index (Phi) is 4.68. The lowest BCUT2D eigenvalue weighted by Crippen LogP contribution is -2.00. The zero-order valence-electron chi connectivity index (χ0n) is 14.8. The minimum Gasteiger partial charge on any atom is -0.258 e. The predicted molar refractivity (Wildman–Crippen MR) is 109 cm³/mol. The summed E-state index contributed by atoms with van der Waals surface area (Å²) in [4.78, 5) is 14.9. The number of aromatic nitrogens is 1. The predicted octanol–water partition coefficient (Wildman–Crippen LogP) is 5.04. The van der Waals surface area contributed by atoms with Crippen molar-refractivity contribution in [1.29, 1.82) is 0 Å². The molecule has 0 saturated carbocycles. The molecule has 0 atom stereocenters. The molecule has 0 amide bonds. The molecule has 0 unspecified atom stereocenters. The van der Waals surface area contributed by atoms with Crippen LogP contribution in [0.2, 0.25) is 0 Å². The highest BCUT2D eigenvalue weighted by molar-refractivity contribution is 7.14. The maximum atomic E-state index is 10.7. The van der Waals surface area contributed by atoms with Crippen LogP contribution in [-0.4, -0.2) is 15.6 Å². The molecule has 0 fully saturated rings. The normalized spacial score (nSPS) is 13.4. The Morgan fingerprint density at radius 2 is 1.96 bits per heavy atom. The molecular weight excluding hydrogens is 360 g/mol. The topological polar surface area (TPSA) is 80.4 Å². The van der Waals surface area contributed by atoms with E-state index in [4.69, 9.17) is 0 Å². The van der Waals surface area contributed by atoms with Crippen molar-refractivity contribution < 1.29 is 4.92 Å². The van der Waals surface area contributed by atoms with Gasteiger partial charge in [0.15, 0.2) is 0 Å². The molecule has 0 spiro atoms.